The van der Waals surface area contributed by atoms with Crippen molar-refractivity contribution in [1.29, 1.82) is 0 Å². The second-order valence-electron chi connectivity index (χ2n) is 21.1. The Morgan fingerprint density at radius 2 is 0.741 bits per heavy atom. The maximum atomic E-state index is 15.2. The fraction of sp³-hybridized carbons (Fsp3) is 0.317. The molecule has 3 aliphatic heterocycles. The Balaban J connectivity index is 0.991. The number of rotatable bonds is 25. The highest BCUT2D eigenvalue weighted by Gasteiger charge is 2.44. The number of para-hydroxylation sites is 3. The van der Waals surface area contributed by atoms with Crippen molar-refractivity contribution in [2.24, 2.45) is 11.3 Å². The minimum atomic E-state index is -3.77. The van der Waals surface area contributed by atoms with Crippen molar-refractivity contribution in [2.75, 3.05) is 58.1 Å². The molecule has 0 N–H and O–H groups in total. The lowest BCUT2D eigenvalue weighted by molar-refractivity contribution is -0.157. The molecule has 3 heterocycles. The van der Waals surface area contributed by atoms with E-state index in [1.165, 1.54) is 13.8 Å². The average Bonchev–Trinajstić information content (AvgIpc) is 3.50. The normalized spacial score (nSPS) is 20.0. The monoisotopic (exact) mass is 1160 g/mol. The van der Waals surface area contributed by atoms with E-state index < -0.39 is 69.7 Å². The van der Waals surface area contributed by atoms with Crippen LogP contribution in [0.5, 0.6) is 17.2 Å². The Labute approximate surface area is 473 Å². The number of carbonyl (C=O) groups excluding carboxylic acids is 3. The highest BCUT2D eigenvalue weighted by atomic mass is 31.2. The largest absolute Gasteiger partial charge is 0.459 e. The van der Waals surface area contributed by atoms with Gasteiger partial charge < -0.3 is 42.0 Å². The Bertz CT molecular complexity index is 3350. The lowest BCUT2D eigenvalue weighted by Crippen LogP contribution is -2.41. The molecule has 6 unspecified atom stereocenters. The van der Waals surface area contributed by atoms with E-state index in [0.29, 0.717) is 39.6 Å². The van der Waals surface area contributed by atoms with Crippen LogP contribution in [0.1, 0.15) is 41.0 Å². The molecule has 6 atom stereocenters. The number of ether oxygens (including phenoxy) is 6. The van der Waals surface area contributed by atoms with Crippen LogP contribution in [-0.2, 0) is 56.5 Å². The van der Waals surface area contributed by atoms with Crippen LogP contribution in [0.15, 0.2) is 170 Å². The number of hydrogen-bond donors (Lipinski definition) is 0. The van der Waals surface area contributed by atoms with Gasteiger partial charge in [-0.3, -0.25) is 18.5 Å². The van der Waals surface area contributed by atoms with E-state index in [0.717, 1.165) is 33.4 Å². The summed E-state index contributed by atoms with van der Waals surface area (Å²) >= 11 is 0. The van der Waals surface area contributed by atoms with Crippen molar-refractivity contribution < 1.29 is 70.1 Å². The summed E-state index contributed by atoms with van der Waals surface area (Å²) in [4.78, 5) is 40.0. The van der Waals surface area contributed by atoms with E-state index in [1.807, 2.05) is 79.7 Å². The van der Waals surface area contributed by atoms with E-state index >= 15 is 13.7 Å². The van der Waals surface area contributed by atoms with Gasteiger partial charge in [-0.2, -0.15) is 0 Å². The summed E-state index contributed by atoms with van der Waals surface area (Å²) in [6, 6.07) is 43.7. The summed E-state index contributed by atoms with van der Waals surface area (Å²) in [5.41, 5.74) is 3.74. The third-order valence-electron chi connectivity index (χ3n) is 14.3. The molecule has 6 aromatic carbocycles. The van der Waals surface area contributed by atoms with Gasteiger partial charge in [-0.05, 0) is 73.4 Å². The van der Waals surface area contributed by atoms with Crippen LogP contribution in [-0.4, -0.2) is 94.3 Å². The van der Waals surface area contributed by atoms with Crippen molar-refractivity contribution >= 4 is 55.9 Å². The van der Waals surface area contributed by atoms with Crippen molar-refractivity contribution in [1.82, 2.24) is 0 Å². The van der Waals surface area contributed by atoms with Gasteiger partial charge in [0, 0.05) is 33.3 Å². The first-order chi connectivity index (χ1) is 38.8. The first-order valence-electron chi connectivity index (χ1n) is 26.9. The van der Waals surface area contributed by atoms with Gasteiger partial charge in [-0.1, -0.05) is 143 Å². The summed E-state index contributed by atoms with van der Waals surface area (Å²) in [5.74, 6) is -1.19. The van der Waals surface area contributed by atoms with E-state index in [9.17, 15) is 14.4 Å². The van der Waals surface area contributed by atoms with E-state index in [-0.39, 0.29) is 69.3 Å². The molecule has 0 saturated heterocycles. The Hall–Kier alpha value is -6.82. The third-order valence-corrected chi connectivity index (χ3v) is 21.8. The number of hydrogen-bond acceptors (Lipinski definition) is 15. The third kappa shape index (κ3) is 13.3. The first kappa shape index (κ1) is 58.8. The van der Waals surface area contributed by atoms with Gasteiger partial charge in [0.2, 0.25) is 0 Å². The van der Waals surface area contributed by atoms with Crippen LogP contribution >= 0.6 is 22.1 Å². The number of fused-ring (bicyclic) bond motifs is 9. The average molecular weight is 1160 g/mol. The molecule has 0 amide bonds. The van der Waals surface area contributed by atoms with Gasteiger partial charge >= 0.3 is 17.9 Å². The highest BCUT2D eigenvalue weighted by molar-refractivity contribution is 7.68. The molecule has 15 nitrogen and oxygen atoms in total. The molecular weight excluding hydrogens is 1090 g/mol. The minimum Gasteiger partial charge on any atom is -0.459 e. The van der Waals surface area contributed by atoms with E-state index in [2.05, 4.69) is 13.2 Å². The molecule has 0 aromatic heterocycles. The van der Waals surface area contributed by atoms with Crippen LogP contribution in [0.4, 0.5) is 0 Å². The smallest absolute Gasteiger partial charge is 0.333 e. The van der Waals surface area contributed by atoms with Crippen molar-refractivity contribution in [2.45, 2.75) is 59.4 Å². The molecule has 0 fully saturated rings. The zero-order chi connectivity index (χ0) is 57.5. The summed E-state index contributed by atoms with van der Waals surface area (Å²) in [5, 5.41) is 1.44. The van der Waals surface area contributed by atoms with Gasteiger partial charge in [0.05, 0.1) is 80.0 Å². The molecule has 0 saturated carbocycles. The standard InChI is InChI=1S/C63H67O15P3/c1-8-63(39-70-33-45(73-60(64)42(2)3)36-79(67)57-30-18-12-24-51(57)48-21-9-15-27-54(48)76-79,40-71-34-46(74-61(65)43(4)5)37-80(68)58-31-19-13-25-52(58)49-22-10-16-28-55(49)77-80)41-72-35-47(75-62(66)44(6)7)38-81(69)59-32-20-14-26-53(59)50-23-11-17-29-56(50)78-81/h9-32,44-47H,2,4,8,33-41H2,1,3,5-7H3. The lowest BCUT2D eigenvalue weighted by atomic mass is 9.88. The Morgan fingerprint density at radius 3 is 1.04 bits per heavy atom. The van der Waals surface area contributed by atoms with Gasteiger partial charge in [0.15, 0.2) is 0 Å². The van der Waals surface area contributed by atoms with Crippen LogP contribution in [0.2, 0.25) is 0 Å². The Morgan fingerprint density at radius 1 is 0.457 bits per heavy atom. The molecule has 18 heteroatoms. The quantitative estimate of drug-likeness (QED) is 0.0228. The fourth-order valence-corrected chi connectivity index (χ4v) is 17.3. The van der Waals surface area contributed by atoms with Crippen molar-refractivity contribution in [3.8, 4) is 50.6 Å². The summed E-state index contributed by atoms with van der Waals surface area (Å²) in [6.07, 6.45) is -3.64. The molecule has 424 valence electrons. The summed E-state index contributed by atoms with van der Waals surface area (Å²) in [6.45, 7) is 14.8. The number of carbonyl (C=O) groups is 3. The van der Waals surface area contributed by atoms with Crippen molar-refractivity contribution in [3.05, 3.63) is 170 Å². The van der Waals surface area contributed by atoms with Crippen LogP contribution in [0, 0.1) is 11.3 Å². The zero-order valence-electron chi connectivity index (χ0n) is 46.1. The lowest BCUT2D eigenvalue weighted by Gasteiger charge is -2.35. The van der Waals surface area contributed by atoms with Crippen LogP contribution in [0.3, 0.4) is 0 Å². The minimum absolute atomic E-state index is 0.103. The second-order valence-corrected chi connectivity index (χ2v) is 28.2. The molecule has 0 aliphatic carbocycles. The molecule has 0 bridgehead atoms. The maximum Gasteiger partial charge on any atom is 0.333 e. The number of benzene rings is 6. The predicted molar refractivity (Wildman–Crippen MR) is 313 cm³/mol. The predicted octanol–water partition coefficient (Wildman–Crippen LogP) is 12.0. The maximum absolute atomic E-state index is 15.2. The van der Waals surface area contributed by atoms with E-state index in [4.69, 9.17) is 42.0 Å². The molecule has 81 heavy (non-hydrogen) atoms. The topological polar surface area (TPSA) is 185 Å². The van der Waals surface area contributed by atoms with Crippen LogP contribution < -0.4 is 29.5 Å². The van der Waals surface area contributed by atoms with Crippen LogP contribution in [0.25, 0.3) is 33.4 Å². The van der Waals surface area contributed by atoms with Gasteiger partial charge in [0.1, 0.15) is 35.6 Å². The molecule has 6 aromatic rings. The second kappa shape index (κ2) is 25.1. The SMILES string of the molecule is C=C(C)C(=O)OC(COCC(CC)(COCC(CP1(=O)Oc2ccccc2-c2ccccc21)OC(=O)C(=C)C)COCC(CP1(=O)Oc2ccccc2-c2ccccc21)OC(=O)C(C)C)CP1(=O)Oc2ccccc2-c2ccccc21. The molecule has 0 spiro atoms. The molecule has 0 radical (unpaired) electrons. The van der Waals surface area contributed by atoms with E-state index in [1.54, 1.807) is 86.6 Å². The Kier molecular flexibility index (Phi) is 18.2. The molecule has 9 rings (SSSR count). The number of esters is 3. The van der Waals surface area contributed by atoms with Gasteiger partial charge in [-0.15, -0.1) is 0 Å². The molecule has 3 aliphatic rings. The summed E-state index contributed by atoms with van der Waals surface area (Å²) in [7, 11) is -11.3. The fourth-order valence-electron chi connectivity index (χ4n) is 9.97. The van der Waals surface area contributed by atoms with Gasteiger partial charge in [-0.25, -0.2) is 9.59 Å². The van der Waals surface area contributed by atoms with Gasteiger partial charge in [0.25, 0.3) is 22.1 Å². The summed E-state index contributed by atoms with van der Waals surface area (Å²) < 4.78 is 102. The first-order valence-corrected chi connectivity index (χ1v) is 32.4. The zero-order valence-corrected chi connectivity index (χ0v) is 48.8. The van der Waals surface area contributed by atoms with Crippen molar-refractivity contribution in [3.63, 3.8) is 0 Å². The highest BCUT2D eigenvalue weighted by Crippen LogP contribution is 2.58. The molecular formula is C63H67O15P3.